The third-order valence-corrected chi connectivity index (χ3v) is 3.00. The third kappa shape index (κ3) is 6.00. The topological polar surface area (TPSA) is 53.0 Å². The number of rotatable bonds is 6. The van der Waals surface area contributed by atoms with E-state index in [9.17, 15) is 4.79 Å². The van der Waals surface area contributed by atoms with Crippen LogP contribution in [-0.4, -0.2) is 72.9 Å². The van der Waals surface area contributed by atoms with Gasteiger partial charge in [0.15, 0.2) is 0 Å². The van der Waals surface area contributed by atoms with Gasteiger partial charge in [-0.2, -0.15) is 0 Å². The molecule has 0 radical (unpaired) electrons. The molecule has 0 unspecified atom stereocenters. The molecular formula is C12H24N2O3. The zero-order valence-corrected chi connectivity index (χ0v) is 11.1. The van der Waals surface area contributed by atoms with Crippen LogP contribution in [0.25, 0.3) is 0 Å². The zero-order chi connectivity index (χ0) is 12.8. The number of likely N-dealkylation sites (N-methyl/N-ethyl adjacent to an activating group) is 1. The highest BCUT2D eigenvalue weighted by molar-refractivity contribution is 5.66. The molecule has 1 aliphatic rings. The quantitative estimate of drug-likeness (QED) is 0.737. The third-order valence-electron chi connectivity index (χ3n) is 3.00. The Morgan fingerprint density at radius 2 is 1.94 bits per heavy atom. The molecule has 0 saturated carbocycles. The molecule has 0 amide bonds. The Balaban J connectivity index is 2.18. The van der Waals surface area contributed by atoms with E-state index in [1.807, 2.05) is 7.05 Å². The summed E-state index contributed by atoms with van der Waals surface area (Å²) in [6, 6.07) is 0. The molecule has 1 fully saturated rings. The van der Waals surface area contributed by atoms with Crippen LogP contribution < -0.4 is 0 Å². The zero-order valence-electron chi connectivity index (χ0n) is 11.1. The molecule has 1 saturated heterocycles. The fraction of sp³-hybridized carbons (Fsp3) is 0.917. The van der Waals surface area contributed by atoms with Crippen LogP contribution in [0.5, 0.6) is 0 Å². The predicted molar refractivity (Wildman–Crippen MR) is 66.2 cm³/mol. The van der Waals surface area contributed by atoms with Gasteiger partial charge in [-0.25, -0.2) is 0 Å². The SMILES string of the molecule is C[C@@H]1CN(CCN(C)CCC(=O)O)C[C@H](C)O1. The van der Waals surface area contributed by atoms with E-state index >= 15 is 0 Å². The van der Waals surface area contributed by atoms with Gasteiger partial charge in [-0.1, -0.05) is 0 Å². The van der Waals surface area contributed by atoms with Crippen molar-refractivity contribution in [2.45, 2.75) is 32.5 Å². The average molecular weight is 244 g/mol. The largest absolute Gasteiger partial charge is 0.481 e. The summed E-state index contributed by atoms with van der Waals surface area (Å²) < 4.78 is 5.67. The van der Waals surface area contributed by atoms with Gasteiger partial charge in [0.2, 0.25) is 0 Å². The molecule has 0 aromatic rings. The Bertz CT molecular complexity index is 238. The van der Waals surface area contributed by atoms with Gasteiger partial charge in [0, 0.05) is 32.7 Å². The van der Waals surface area contributed by atoms with E-state index in [-0.39, 0.29) is 6.42 Å². The molecule has 0 bridgehead atoms. The molecular weight excluding hydrogens is 220 g/mol. The van der Waals surface area contributed by atoms with E-state index in [1.54, 1.807) is 0 Å². The highest BCUT2D eigenvalue weighted by Crippen LogP contribution is 2.10. The average Bonchev–Trinajstić information content (AvgIpc) is 2.22. The van der Waals surface area contributed by atoms with Crippen molar-refractivity contribution in [2.75, 3.05) is 39.8 Å². The fourth-order valence-electron chi connectivity index (χ4n) is 2.18. The smallest absolute Gasteiger partial charge is 0.304 e. The van der Waals surface area contributed by atoms with Crippen molar-refractivity contribution in [3.8, 4) is 0 Å². The first-order valence-electron chi connectivity index (χ1n) is 6.25. The van der Waals surface area contributed by atoms with E-state index in [1.165, 1.54) is 0 Å². The number of nitrogens with zero attached hydrogens (tertiary/aromatic N) is 2. The lowest BCUT2D eigenvalue weighted by Crippen LogP contribution is -2.47. The Morgan fingerprint density at radius 1 is 1.35 bits per heavy atom. The van der Waals surface area contributed by atoms with Gasteiger partial charge in [-0.3, -0.25) is 9.69 Å². The van der Waals surface area contributed by atoms with Crippen molar-refractivity contribution >= 4 is 5.97 Å². The van der Waals surface area contributed by atoms with Crippen LogP contribution in [-0.2, 0) is 9.53 Å². The van der Waals surface area contributed by atoms with Crippen LogP contribution in [0.1, 0.15) is 20.3 Å². The van der Waals surface area contributed by atoms with Gasteiger partial charge < -0.3 is 14.7 Å². The van der Waals surface area contributed by atoms with Crippen LogP contribution in [0.15, 0.2) is 0 Å². The summed E-state index contributed by atoms with van der Waals surface area (Å²) >= 11 is 0. The lowest BCUT2D eigenvalue weighted by Gasteiger charge is -2.36. The molecule has 0 aliphatic carbocycles. The number of hydrogen-bond donors (Lipinski definition) is 1. The molecule has 0 spiro atoms. The molecule has 100 valence electrons. The minimum absolute atomic E-state index is 0.215. The lowest BCUT2D eigenvalue weighted by molar-refractivity contribution is -0.137. The van der Waals surface area contributed by atoms with Crippen molar-refractivity contribution in [3.05, 3.63) is 0 Å². The number of morpholine rings is 1. The van der Waals surface area contributed by atoms with Gasteiger partial charge in [0.1, 0.15) is 0 Å². The highest BCUT2D eigenvalue weighted by atomic mass is 16.5. The number of carbonyl (C=O) groups is 1. The van der Waals surface area contributed by atoms with E-state index in [2.05, 4.69) is 23.6 Å². The van der Waals surface area contributed by atoms with E-state index in [4.69, 9.17) is 9.84 Å². The molecule has 0 aromatic carbocycles. The second-order valence-electron chi connectivity index (χ2n) is 4.96. The first kappa shape index (κ1) is 14.4. The molecule has 0 aromatic heterocycles. The van der Waals surface area contributed by atoms with Crippen molar-refractivity contribution < 1.29 is 14.6 Å². The van der Waals surface area contributed by atoms with Crippen molar-refractivity contribution in [1.29, 1.82) is 0 Å². The number of carboxylic acid groups (broad SMARTS) is 1. The van der Waals surface area contributed by atoms with E-state index in [0.717, 1.165) is 26.2 Å². The molecule has 1 heterocycles. The molecule has 1 aliphatic heterocycles. The minimum atomic E-state index is -0.731. The summed E-state index contributed by atoms with van der Waals surface area (Å²) in [7, 11) is 1.97. The summed E-state index contributed by atoms with van der Waals surface area (Å²) in [5, 5.41) is 8.60. The Hall–Kier alpha value is -0.650. The van der Waals surface area contributed by atoms with Crippen LogP contribution in [0.2, 0.25) is 0 Å². The summed E-state index contributed by atoms with van der Waals surface area (Å²) in [6.07, 6.45) is 0.804. The monoisotopic (exact) mass is 244 g/mol. The number of aliphatic carboxylic acids is 1. The lowest BCUT2D eigenvalue weighted by atomic mass is 10.2. The Kier molecular flexibility index (Phi) is 5.88. The fourth-order valence-corrected chi connectivity index (χ4v) is 2.18. The molecule has 5 nitrogen and oxygen atoms in total. The summed E-state index contributed by atoms with van der Waals surface area (Å²) in [4.78, 5) is 14.9. The van der Waals surface area contributed by atoms with Gasteiger partial charge >= 0.3 is 5.97 Å². The normalized spacial score (nSPS) is 26.4. The van der Waals surface area contributed by atoms with Crippen LogP contribution in [0.4, 0.5) is 0 Å². The maximum absolute atomic E-state index is 10.4. The molecule has 2 atom stereocenters. The molecule has 1 rings (SSSR count). The standard InChI is InChI=1S/C12H24N2O3/c1-10-8-14(9-11(2)17-10)7-6-13(3)5-4-12(15)16/h10-11H,4-9H2,1-3H3,(H,15,16)/t10-,11+. The van der Waals surface area contributed by atoms with Gasteiger partial charge in [0.25, 0.3) is 0 Å². The molecule has 1 N–H and O–H groups in total. The number of carboxylic acids is 1. The minimum Gasteiger partial charge on any atom is -0.481 e. The Morgan fingerprint density at radius 3 is 2.47 bits per heavy atom. The van der Waals surface area contributed by atoms with Gasteiger partial charge in [-0.05, 0) is 20.9 Å². The maximum Gasteiger partial charge on any atom is 0.304 e. The van der Waals surface area contributed by atoms with Crippen molar-refractivity contribution in [2.24, 2.45) is 0 Å². The Labute approximate surface area is 103 Å². The second kappa shape index (κ2) is 6.93. The van der Waals surface area contributed by atoms with Gasteiger partial charge in [0.05, 0.1) is 18.6 Å². The molecule has 5 heteroatoms. The first-order chi connectivity index (χ1) is 7.97. The summed E-state index contributed by atoms with van der Waals surface area (Å²) in [6.45, 7) is 8.63. The summed E-state index contributed by atoms with van der Waals surface area (Å²) in [5.74, 6) is -0.731. The van der Waals surface area contributed by atoms with E-state index < -0.39 is 5.97 Å². The predicted octanol–water partition coefficient (Wildman–Crippen LogP) is 0.502. The van der Waals surface area contributed by atoms with Crippen LogP contribution in [0, 0.1) is 0 Å². The van der Waals surface area contributed by atoms with Crippen LogP contribution in [0.3, 0.4) is 0 Å². The first-order valence-corrected chi connectivity index (χ1v) is 6.25. The van der Waals surface area contributed by atoms with E-state index in [0.29, 0.717) is 18.8 Å². The van der Waals surface area contributed by atoms with Crippen LogP contribution >= 0.6 is 0 Å². The summed E-state index contributed by atoms with van der Waals surface area (Å²) in [5.41, 5.74) is 0. The number of ether oxygens (including phenoxy) is 1. The highest BCUT2D eigenvalue weighted by Gasteiger charge is 2.21. The molecule has 17 heavy (non-hydrogen) atoms. The maximum atomic E-state index is 10.4. The van der Waals surface area contributed by atoms with Crippen molar-refractivity contribution in [3.63, 3.8) is 0 Å². The second-order valence-corrected chi connectivity index (χ2v) is 4.96. The number of hydrogen-bond acceptors (Lipinski definition) is 4. The van der Waals surface area contributed by atoms with Gasteiger partial charge in [-0.15, -0.1) is 0 Å². The van der Waals surface area contributed by atoms with Crippen molar-refractivity contribution in [1.82, 2.24) is 9.80 Å².